The van der Waals surface area contributed by atoms with E-state index in [0.717, 1.165) is 21.7 Å². The monoisotopic (exact) mass is 545 g/mol. The van der Waals surface area contributed by atoms with E-state index in [-0.39, 0.29) is 18.3 Å². The van der Waals surface area contributed by atoms with Crippen LogP contribution in [0, 0.1) is 0 Å². The summed E-state index contributed by atoms with van der Waals surface area (Å²) < 4.78 is 8.24. The van der Waals surface area contributed by atoms with Crippen LogP contribution in [0.4, 0.5) is 0 Å². The molecule has 0 spiro atoms. The number of halogens is 1. The average molecular weight is 546 g/mol. The normalized spacial score (nSPS) is 11.3. The molecule has 0 amide bonds. The van der Waals surface area contributed by atoms with Crippen molar-refractivity contribution < 1.29 is 14.6 Å². The Labute approximate surface area is 216 Å². The number of aromatic hydroxyl groups is 1. The van der Waals surface area contributed by atoms with Crippen LogP contribution >= 0.6 is 27.7 Å². The molecule has 0 aliphatic carbocycles. The molecule has 0 aliphatic heterocycles. The molecule has 0 atom stereocenters. The molecular formula is C29H24BrNO3S. The Balaban J connectivity index is 1.72. The molecule has 0 radical (unpaired) electrons. The van der Waals surface area contributed by atoms with Crippen molar-refractivity contribution in [1.82, 2.24) is 4.57 Å². The molecule has 0 unspecified atom stereocenters. The molecule has 4 nitrogen and oxygen atoms in total. The molecule has 0 fully saturated rings. The summed E-state index contributed by atoms with van der Waals surface area (Å²) in [6.45, 7) is 2.67. The van der Waals surface area contributed by atoms with E-state index < -0.39 is 0 Å². The summed E-state index contributed by atoms with van der Waals surface area (Å²) in [5.74, 6) is 0.294. The van der Waals surface area contributed by atoms with Gasteiger partial charge in [-0.15, -0.1) is 11.8 Å². The topological polar surface area (TPSA) is 51.5 Å². The van der Waals surface area contributed by atoms with Gasteiger partial charge in [0.2, 0.25) is 0 Å². The SMILES string of the molecule is CCOC(=O)c1c(CSc2ccccc2)n(Cc2cccc3ccccc23)c2cc(Br)c(O)cc12. The van der Waals surface area contributed by atoms with E-state index in [0.29, 0.717) is 27.7 Å². The van der Waals surface area contributed by atoms with Crippen molar-refractivity contribution in [2.45, 2.75) is 24.1 Å². The lowest BCUT2D eigenvalue weighted by Crippen LogP contribution is -2.10. The number of rotatable bonds is 7. The fourth-order valence-corrected chi connectivity index (χ4v) is 5.73. The van der Waals surface area contributed by atoms with Gasteiger partial charge in [-0.1, -0.05) is 60.7 Å². The fourth-order valence-electron chi connectivity index (χ4n) is 4.44. The van der Waals surface area contributed by atoms with E-state index in [4.69, 9.17) is 4.74 Å². The molecule has 1 N–H and O–H groups in total. The van der Waals surface area contributed by atoms with Crippen LogP contribution in [0.5, 0.6) is 5.75 Å². The Morgan fingerprint density at radius 3 is 2.51 bits per heavy atom. The maximum atomic E-state index is 13.2. The van der Waals surface area contributed by atoms with Crippen LogP contribution in [0.3, 0.4) is 0 Å². The summed E-state index contributed by atoms with van der Waals surface area (Å²) in [7, 11) is 0. The van der Waals surface area contributed by atoms with Crippen molar-refractivity contribution in [2.24, 2.45) is 0 Å². The van der Waals surface area contributed by atoms with Crippen LogP contribution in [0.15, 0.2) is 94.3 Å². The highest BCUT2D eigenvalue weighted by atomic mass is 79.9. The second-order valence-corrected chi connectivity index (χ2v) is 10.1. The van der Waals surface area contributed by atoms with E-state index in [1.54, 1.807) is 24.8 Å². The highest BCUT2D eigenvalue weighted by Crippen LogP contribution is 2.38. The van der Waals surface area contributed by atoms with E-state index in [1.807, 2.05) is 36.4 Å². The first-order valence-electron chi connectivity index (χ1n) is 11.4. The van der Waals surface area contributed by atoms with Crippen LogP contribution in [0.25, 0.3) is 21.7 Å². The third kappa shape index (κ3) is 4.68. The van der Waals surface area contributed by atoms with Crippen LogP contribution < -0.4 is 0 Å². The summed E-state index contributed by atoms with van der Waals surface area (Å²) in [5.41, 5.74) is 3.41. The number of aromatic nitrogens is 1. The summed E-state index contributed by atoms with van der Waals surface area (Å²) >= 11 is 5.14. The third-order valence-corrected chi connectivity index (χ3v) is 7.70. The minimum absolute atomic E-state index is 0.0904. The maximum absolute atomic E-state index is 13.2. The number of carbonyl (C=O) groups is 1. The number of nitrogens with zero attached hydrogens (tertiary/aromatic N) is 1. The van der Waals surface area contributed by atoms with E-state index in [2.05, 4.69) is 63.0 Å². The van der Waals surface area contributed by atoms with Gasteiger partial charge < -0.3 is 14.4 Å². The zero-order chi connectivity index (χ0) is 24.4. The van der Waals surface area contributed by atoms with Gasteiger partial charge in [0.15, 0.2) is 0 Å². The lowest BCUT2D eigenvalue weighted by molar-refractivity contribution is 0.0527. The minimum atomic E-state index is -0.375. The number of thioether (sulfide) groups is 1. The number of carbonyl (C=O) groups excluding carboxylic acids is 1. The zero-order valence-corrected chi connectivity index (χ0v) is 21.6. The predicted molar refractivity (Wildman–Crippen MR) is 146 cm³/mol. The lowest BCUT2D eigenvalue weighted by atomic mass is 10.0. The van der Waals surface area contributed by atoms with Crippen molar-refractivity contribution >= 4 is 55.3 Å². The second-order valence-electron chi connectivity index (χ2n) is 8.19. The number of ether oxygens (including phenoxy) is 1. The number of hydrogen-bond acceptors (Lipinski definition) is 4. The van der Waals surface area contributed by atoms with Crippen LogP contribution in [0.1, 0.15) is 28.5 Å². The van der Waals surface area contributed by atoms with Crippen molar-refractivity contribution in [3.63, 3.8) is 0 Å². The zero-order valence-electron chi connectivity index (χ0n) is 19.2. The smallest absolute Gasteiger partial charge is 0.340 e. The van der Waals surface area contributed by atoms with Gasteiger partial charge in [-0.05, 0) is 63.5 Å². The molecule has 176 valence electrons. The van der Waals surface area contributed by atoms with Gasteiger partial charge in [0.05, 0.1) is 22.2 Å². The highest BCUT2D eigenvalue weighted by Gasteiger charge is 2.25. The minimum Gasteiger partial charge on any atom is -0.507 e. The van der Waals surface area contributed by atoms with Crippen molar-refractivity contribution in [2.75, 3.05) is 6.61 Å². The van der Waals surface area contributed by atoms with Gasteiger partial charge in [0.25, 0.3) is 0 Å². The quantitative estimate of drug-likeness (QED) is 0.167. The van der Waals surface area contributed by atoms with Crippen molar-refractivity contribution in [1.29, 1.82) is 0 Å². The lowest BCUT2D eigenvalue weighted by Gasteiger charge is -2.14. The molecule has 0 aliphatic rings. The standard InChI is InChI=1S/C29H24BrNO3S/c1-2-34-29(33)28-23-15-27(32)24(30)16-25(23)31(26(28)18-35-21-12-4-3-5-13-21)17-20-11-8-10-19-9-6-7-14-22(19)20/h3-16,32H,2,17-18H2,1H3. The molecule has 1 heterocycles. The molecule has 0 bridgehead atoms. The number of fused-ring (bicyclic) bond motifs is 2. The molecule has 6 heteroatoms. The van der Waals surface area contributed by atoms with Gasteiger partial charge in [0.1, 0.15) is 5.75 Å². The first-order chi connectivity index (χ1) is 17.1. The van der Waals surface area contributed by atoms with E-state index in [1.165, 1.54) is 10.8 Å². The maximum Gasteiger partial charge on any atom is 0.340 e. The molecule has 5 aromatic rings. The number of hydrogen-bond donors (Lipinski definition) is 1. The van der Waals surface area contributed by atoms with Crippen LogP contribution in [0.2, 0.25) is 0 Å². The first-order valence-corrected chi connectivity index (χ1v) is 13.2. The van der Waals surface area contributed by atoms with Crippen LogP contribution in [-0.4, -0.2) is 22.2 Å². The molecule has 0 saturated heterocycles. The fraction of sp³-hybridized carbons (Fsp3) is 0.138. The van der Waals surface area contributed by atoms with Gasteiger partial charge in [0, 0.05) is 28.3 Å². The van der Waals surface area contributed by atoms with Gasteiger partial charge in [-0.25, -0.2) is 4.79 Å². The number of benzene rings is 4. The Hall–Kier alpha value is -3.22. The summed E-state index contributed by atoms with van der Waals surface area (Å²) in [4.78, 5) is 14.3. The predicted octanol–water partition coefficient (Wildman–Crippen LogP) is 7.78. The Bertz CT molecular complexity index is 1520. The Morgan fingerprint density at radius 1 is 0.971 bits per heavy atom. The summed E-state index contributed by atoms with van der Waals surface area (Å²) in [6.07, 6.45) is 0. The molecule has 35 heavy (non-hydrogen) atoms. The number of esters is 1. The van der Waals surface area contributed by atoms with Gasteiger partial charge >= 0.3 is 5.97 Å². The van der Waals surface area contributed by atoms with Crippen molar-refractivity contribution in [3.05, 3.63) is 106 Å². The van der Waals surface area contributed by atoms with Crippen LogP contribution in [-0.2, 0) is 17.0 Å². The summed E-state index contributed by atoms with van der Waals surface area (Å²) in [6, 6.07) is 28.3. The largest absolute Gasteiger partial charge is 0.507 e. The Morgan fingerprint density at radius 2 is 1.71 bits per heavy atom. The molecular weight excluding hydrogens is 522 g/mol. The van der Waals surface area contributed by atoms with Gasteiger partial charge in [-0.2, -0.15) is 0 Å². The molecule has 4 aromatic carbocycles. The first kappa shape index (κ1) is 23.5. The van der Waals surface area contributed by atoms with Gasteiger partial charge in [-0.3, -0.25) is 0 Å². The molecule has 1 aromatic heterocycles. The number of phenolic OH excluding ortho intramolecular Hbond substituents is 1. The third-order valence-electron chi connectivity index (χ3n) is 6.05. The summed E-state index contributed by atoms with van der Waals surface area (Å²) in [5, 5.41) is 13.5. The van der Waals surface area contributed by atoms with Crippen molar-refractivity contribution in [3.8, 4) is 5.75 Å². The number of phenols is 1. The second kappa shape index (κ2) is 10.2. The van der Waals surface area contributed by atoms with E-state index >= 15 is 0 Å². The molecule has 0 saturated carbocycles. The molecule has 5 rings (SSSR count). The highest BCUT2D eigenvalue weighted by molar-refractivity contribution is 9.10. The van der Waals surface area contributed by atoms with E-state index in [9.17, 15) is 9.90 Å². The average Bonchev–Trinajstić information content (AvgIpc) is 3.16. The Kier molecular flexibility index (Phi) is 6.84.